The number of hydrogen-bond acceptors (Lipinski definition) is 1. The summed E-state index contributed by atoms with van der Waals surface area (Å²) in [5.74, 6) is -0.344. The Morgan fingerprint density at radius 3 is 2.45 bits per heavy atom. The van der Waals surface area contributed by atoms with E-state index < -0.39 is 0 Å². The predicted molar refractivity (Wildman–Crippen MR) is 88.8 cm³/mol. The van der Waals surface area contributed by atoms with Crippen molar-refractivity contribution in [2.75, 3.05) is 7.05 Å². The van der Waals surface area contributed by atoms with E-state index in [1.807, 2.05) is 25.2 Å². The molecule has 1 unspecified atom stereocenters. The molecule has 0 aliphatic rings. The van der Waals surface area contributed by atoms with Crippen molar-refractivity contribution < 1.29 is 4.39 Å². The lowest BCUT2D eigenvalue weighted by atomic mass is 9.99. The van der Waals surface area contributed by atoms with Gasteiger partial charge < -0.3 is 5.32 Å². The van der Waals surface area contributed by atoms with Gasteiger partial charge in [0.1, 0.15) is 5.82 Å². The van der Waals surface area contributed by atoms with E-state index in [-0.39, 0.29) is 16.9 Å². The third kappa shape index (κ3) is 3.82. The van der Waals surface area contributed by atoms with Gasteiger partial charge in [-0.2, -0.15) is 0 Å². The first-order valence-corrected chi connectivity index (χ1v) is 8.04. The summed E-state index contributed by atoms with van der Waals surface area (Å²) in [4.78, 5) is 0. The summed E-state index contributed by atoms with van der Waals surface area (Å²) in [5, 5.41) is 3.38. The Morgan fingerprint density at radius 1 is 1.20 bits per heavy atom. The Kier molecular flexibility index (Phi) is 5.61. The first kappa shape index (κ1) is 16.0. The number of hydrogen-bond donors (Lipinski definition) is 1. The minimum absolute atomic E-state index is 0.0109. The molecule has 1 N–H and O–H groups in total. The number of rotatable bonds is 4. The molecule has 2 aromatic carbocycles. The zero-order valence-electron chi connectivity index (χ0n) is 10.8. The standard InChI is InChI=1S/C15H13Br2ClFN/c1-20-14(10-5-11(16)8-12(17)6-10)7-9-3-2-4-13(18)15(9)19/h2-6,8,14,20H,7H2,1H3. The Labute approximate surface area is 139 Å². The van der Waals surface area contributed by atoms with Crippen molar-refractivity contribution in [3.8, 4) is 0 Å². The highest BCUT2D eigenvalue weighted by Gasteiger charge is 2.15. The number of halogens is 4. The van der Waals surface area contributed by atoms with E-state index in [9.17, 15) is 4.39 Å². The van der Waals surface area contributed by atoms with Gasteiger partial charge in [-0.05, 0) is 48.9 Å². The molecule has 0 spiro atoms. The van der Waals surface area contributed by atoms with Crippen LogP contribution < -0.4 is 5.32 Å². The van der Waals surface area contributed by atoms with E-state index in [1.54, 1.807) is 18.2 Å². The normalized spacial score (nSPS) is 12.4. The zero-order chi connectivity index (χ0) is 14.7. The fraction of sp³-hybridized carbons (Fsp3) is 0.200. The second kappa shape index (κ2) is 7.03. The van der Waals surface area contributed by atoms with Crippen molar-refractivity contribution in [1.29, 1.82) is 0 Å². The van der Waals surface area contributed by atoms with Gasteiger partial charge in [-0.3, -0.25) is 0 Å². The number of nitrogens with one attached hydrogen (secondary N) is 1. The second-order valence-corrected chi connectivity index (χ2v) is 6.70. The zero-order valence-corrected chi connectivity index (χ0v) is 14.7. The molecule has 0 aliphatic carbocycles. The number of likely N-dealkylation sites (N-methyl/N-ethyl adjacent to an activating group) is 1. The van der Waals surface area contributed by atoms with Gasteiger partial charge in [-0.1, -0.05) is 55.6 Å². The van der Waals surface area contributed by atoms with Gasteiger partial charge >= 0.3 is 0 Å². The third-order valence-electron chi connectivity index (χ3n) is 3.09. The first-order valence-electron chi connectivity index (χ1n) is 6.07. The molecule has 5 heteroatoms. The van der Waals surface area contributed by atoms with Crippen LogP contribution in [0.3, 0.4) is 0 Å². The maximum absolute atomic E-state index is 14.0. The molecule has 0 amide bonds. The van der Waals surface area contributed by atoms with Crippen LogP contribution in [-0.4, -0.2) is 7.05 Å². The van der Waals surface area contributed by atoms with Crippen LogP contribution in [0.15, 0.2) is 45.3 Å². The summed E-state index contributed by atoms with van der Waals surface area (Å²) >= 11 is 12.8. The van der Waals surface area contributed by atoms with Crippen LogP contribution >= 0.6 is 43.5 Å². The molecule has 106 valence electrons. The maximum atomic E-state index is 14.0. The summed E-state index contributed by atoms with van der Waals surface area (Å²) in [7, 11) is 1.86. The van der Waals surface area contributed by atoms with Gasteiger partial charge in [0.15, 0.2) is 0 Å². The minimum atomic E-state index is -0.344. The van der Waals surface area contributed by atoms with E-state index in [4.69, 9.17) is 11.6 Å². The highest BCUT2D eigenvalue weighted by atomic mass is 79.9. The quantitative estimate of drug-likeness (QED) is 0.687. The van der Waals surface area contributed by atoms with Gasteiger partial charge in [-0.15, -0.1) is 0 Å². The van der Waals surface area contributed by atoms with Crippen molar-refractivity contribution in [1.82, 2.24) is 5.32 Å². The lowest BCUT2D eigenvalue weighted by molar-refractivity contribution is 0.554. The van der Waals surface area contributed by atoms with Crippen LogP contribution in [0, 0.1) is 5.82 Å². The third-order valence-corrected chi connectivity index (χ3v) is 4.30. The Morgan fingerprint density at radius 2 is 1.85 bits per heavy atom. The van der Waals surface area contributed by atoms with E-state index in [1.165, 1.54) is 0 Å². The lowest BCUT2D eigenvalue weighted by Crippen LogP contribution is -2.19. The molecule has 0 bridgehead atoms. The molecule has 1 nitrogen and oxygen atoms in total. The van der Waals surface area contributed by atoms with Crippen molar-refractivity contribution in [3.63, 3.8) is 0 Å². The summed E-state index contributed by atoms with van der Waals surface area (Å²) < 4.78 is 16.0. The predicted octanol–water partition coefficient (Wildman–Crippen LogP) is 5.51. The van der Waals surface area contributed by atoms with Gasteiger partial charge in [0.05, 0.1) is 5.02 Å². The second-order valence-electron chi connectivity index (χ2n) is 4.46. The molecule has 1 atom stereocenters. The van der Waals surface area contributed by atoms with Crippen molar-refractivity contribution in [3.05, 3.63) is 67.3 Å². The van der Waals surface area contributed by atoms with Crippen LogP contribution in [0.1, 0.15) is 17.2 Å². The highest BCUT2D eigenvalue weighted by Crippen LogP contribution is 2.28. The van der Waals surface area contributed by atoms with Gasteiger partial charge in [-0.25, -0.2) is 4.39 Å². The van der Waals surface area contributed by atoms with Crippen LogP contribution in [0.5, 0.6) is 0 Å². The molecule has 2 rings (SSSR count). The van der Waals surface area contributed by atoms with Crippen molar-refractivity contribution in [2.24, 2.45) is 0 Å². The Bertz CT molecular complexity index is 599. The summed E-state index contributed by atoms with van der Waals surface area (Å²) in [6, 6.07) is 11.1. The van der Waals surface area contributed by atoms with E-state index >= 15 is 0 Å². The average Bonchev–Trinajstić information content (AvgIpc) is 2.39. The molecule has 0 aromatic heterocycles. The monoisotopic (exact) mass is 419 g/mol. The summed E-state index contributed by atoms with van der Waals surface area (Å²) in [6.07, 6.45) is 0.534. The topological polar surface area (TPSA) is 12.0 Å². The van der Waals surface area contributed by atoms with Gasteiger partial charge in [0.25, 0.3) is 0 Å². The molecule has 2 aromatic rings. The van der Waals surface area contributed by atoms with Crippen molar-refractivity contribution >= 4 is 43.5 Å². The molecule has 0 saturated heterocycles. The SMILES string of the molecule is CNC(Cc1cccc(Cl)c1F)c1cc(Br)cc(Br)c1. The Balaban J connectivity index is 2.31. The van der Waals surface area contributed by atoms with Crippen molar-refractivity contribution in [2.45, 2.75) is 12.5 Å². The first-order chi connectivity index (χ1) is 9.51. The summed E-state index contributed by atoms with van der Waals surface area (Å²) in [5.41, 5.74) is 1.68. The largest absolute Gasteiger partial charge is 0.313 e. The Hall–Kier alpha value is -0.420. The summed E-state index contributed by atoms with van der Waals surface area (Å²) in [6.45, 7) is 0. The molecular formula is C15H13Br2ClFN. The smallest absolute Gasteiger partial charge is 0.145 e. The van der Waals surface area contributed by atoms with E-state index in [0.717, 1.165) is 14.5 Å². The fourth-order valence-electron chi connectivity index (χ4n) is 2.09. The van der Waals surface area contributed by atoms with Gasteiger partial charge in [0.2, 0.25) is 0 Å². The van der Waals surface area contributed by atoms with E-state index in [2.05, 4.69) is 37.2 Å². The average molecular weight is 422 g/mol. The molecule has 0 fully saturated rings. The molecule has 0 heterocycles. The van der Waals surface area contributed by atoms with Crippen LogP contribution in [-0.2, 0) is 6.42 Å². The van der Waals surface area contributed by atoms with Gasteiger partial charge in [0, 0.05) is 15.0 Å². The van der Waals surface area contributed by atoms with Crippen LogP contribution in [0.4, 0.5) is 4.39 Å². The fourth-order valence-corrected chi connectivity index (χ4v) is 3.61. The van der Waals surface area contributed by atoms with E-state index in [0.29, 0.717) is 12.0 Å². The number of benzene rings is 2. The molecule has 0 aliphatic heterocycles. The van der Waals surface area contributed by atoms with Crippen LogP contribution in [0.25, 0.3) is 0 Å². The molecule has 0 radical (unpaired) electrons. The maximum Gasteiger partial charge on any atom is 0.145 e. The molecular weight excluding hydrogens is 408 g/mol. The minimum Gasteiger partial charge on any atom is -0.313 e. The molecule has 20 heavy (non-hydrogen) atoms. The molecule has 0 saturated carbocycles. The lowest BCUT2D eigenvalue weighted by Gasteiger charge is -2.18. The van der Waals surface area contributed by atoms with Crippen LogP contribution in [0.2, 0.25) is 5.02 Å². The highest BCUT2D eigenvalue weighted by molar-refractivity contribution is 9.11.